The molecule has 0 unspecified atom stereocenters. The second-order valence-corrected chi connectivity index (χ2v) is 6.15. The molecule has 1 saturated carbocycles. The third-order valence-electron chi connectivity index (χ3n) is 4.19. The number of para-hydroxylation sites is 2. The van der Waals surface area contributed by atoms with Gasteiger partial charge in [-0.3, -0.25) is 14.5 Å². The molecule has 25 heavy (non-hydrogen) atoms. The van der Waals surface area contributed by atoms with Crippen LogP contribution in [0, 0.1) is 0 Å². The van der Waals surface area contributed by atoms with Crippen LogP contribution in [0.1, 0.15) is 12.8 Å². The Hall–Kier alpha value is -2.77. The summed E-state index contributed by atoms with van der Waals surface area (Å²) in [5.74, 6) is 0.0688. The maximum atomic E-state index is 12.5. The molecule has 0 spiro atoms. The Balaban J connectivity index is 1.51. The summed E-state index contributed by atoms with van der Waals surface area (Å²) in [5, 5.41) is 5.35. The summed E-state index contributed by atoms with van der Waals surface area (Å²) in [6.07, 6.45) is 2.00. The molecule has 134 valence electrons. The summed E-state index contributed by atoms with van der Waals surface area (Å²) >= 11 is 0. The smallest absolute Gasteiger partial charge is 0.325 e. The highest BCUT2D eigenvalue weighted by atomic mass is 16.5. The second-order valence-electron chi connectivity index (χ2n) is 6.15. The fourth-order valence-corrected chi connectivity index (χ4v) is 2.72. The van der Waals surface area contributed by atoms with Crippen LogP contribution < -0.4 is 20.3 Å². The number of benzene rings is 1. The predicted molar refractivity (Wildman–Crippen MR) is 91.5 cm³/mol. The molecule has 1 aliphatic heterocycles. The first-order chi connectivity index (χ1) is 12.1. The molecule has 8 nitrogen and oxygen atoms in total. The molecule has 1 saturated heterocycles. The monoisotopic (exact) mass is 346 g/mol. The second kappa shape index (κ2) is 7.42. The Morgan fingerprint density at radius 3 is 2.68 bits per heavy atom. The van der Waals surface area contributed by atoms with Crippen LogP contribution in [0.5, 0.6) is 5.75 Å². The Kier molecular flexibility index (Phi) is 5.06. The van der Waals surface area contributed by atoms with Crippen molar-refractivity contribution in [2.45, 2.75) is 18.9 Å². The molecule has 2 N–H and O–H groups in total. The van der Waals surface area contributed by atoms with E-state index in [2.05, 4.69) is 10.6 Å². The van der Waals surface area contributed by atoms with E-state index in [-0.39, 0.29) is 37.0 Å². The maximum absolute atomic E-state index is 12.5. The van der Waals surface area contributed by atoms with Crippen LogP contribution in [0.4, 0.5) is 10.5 Å². The molecule has 8 heteroatoms. The molecule has 1 aromatic rings. The van der Waals surface area contributed by atoms with Crippen LogP contribution in [-0.2, 0) is 9.59 Å². The minimum atomic E-state index is -0.346. The molecular weight excluding hydrogens is 324 g/mol. The van der Waals surface area contributed by atoms with E-state index in [4.69, 9.17) is 4.74 Å². The van der Waals surface area contributed by atoms with Crippen LogP contribution in [0.3, 0.4) is 0 Å². The van der Waals surface area contributed by atoms with Gasteiger partial charge in [-0.15, -0.1) is 0 Å². The van der Waals surface area contributed by atoms with E-state index in [0.29, 0.717) is 24.5 Å². The van der Waals surface area contributed by atoms with Crippen molar-refractivity contribution in [1.82, 2.24) is 15.5 Å². The molecule has 0 aromatic heterocycles. The Morgan fingerprint density at radius 1 is 1.20 bits per heavy atom. The third kappa shape index (κ3) is 4.20. The summed E-state index contributed by atoms with van der Waals surface area (Å²) in [6.45, 7) is 0.794. The highest BCUT2D eigenvalue weighted by Gasteiger charge is 2.32. The minimum Gasteiger partial charge on any atom is -0.495 e. The minimum absolute atomic E-state index is 0.0619. The zero-order valence-corrected chi connectivity index (χ0v) is 14.2. The van der Waals surface area contributed by atoms with Gasteiger partial charge in [0.15, 0.2) is 0 Å². The number of carbonyl (C=O) groups is 3. The van der Waals surface area contributed by atoms with Crippen molar-refractivity contribution in [2.24, 2.45) is 0 Å². The molecule has 0 atom stereocenters. The number of nitrogens with zero attached hydrogens (tertiary/aromatic N) is 2. The van der Waals surface area contributed by atoms with Gasteiger partial charge in [-0.25, -0.2) is 4.79 Å². The molecule has 3 rings (SSSR count). The van der Waals surface area contributed by atoms with Crippen LogP contribution in [0.2, 0.25) is 0 Å². The summed E-state index contributed by atoms with van der Waals surface area (Å²) in [6, 6.07) is 7.28. The molecule has 2 fully saturated rings. The van der Waals surface area contributed by atoms with Crippen molar-refractivity contribution in [3.8, 4) is 5.75 Å². The average Bonchev–Trinajstić information content (AvgIpc) is 3.36. The maximum Gasteiger partial charge on any atom is 0.325 e. The van der Waals surface area contributed by atoms with Crippen molar-refractivity contribution >= 4 is 23.5 Å². The van der Waals surface area contributed by atoms with Crippen LogP contribution in [0.15, 0.2) is 24.3 Å². The van der Waals surface area contributed by atoms with Crippen molar-refractivity contribution in [1.29, 1.82) is 0 Å². The van der Waals surface area contributed by atoms with Gasteiger partial charge in [-0.2, -0.15) is 0 Å². The lowest BCUT2D eigenvalue weighted by Crippen LogP contribution is -2.43. The summed E-state index contributed by atoms with van der Waals surface area (Å²) in [4.78, 5) is 39.2. The van der Waals surface area contributed by atoms with Crippen LogP contribution in [-0.4, -0.2) is 62.1 Å². The highest BCUT2D eigenvalue weighted by Crippen LogP contribution is 2.30. The Morgan fingerprint density at radius 2 is 1.96 bits per heavy atom. The van der Waals surface area contributed by atoms with Crippen molar-refractivity contribution in [3.63, 3.8) is 0 Å². The van der Waals surface area contributed by atoms with E-state index in [0.717, 1.165) is 12.8 Å². The molecule has 0 bridgehead atoms. The number of ether oxygens (including phenoxy) is 1. The number of nitrogens with one attached hydrogen (secondary N) is 2. The number of hydrogen-bond donors (Lipinski definition) is 2. The number of urea groups is 1. The number of hydrogen-bond acceptors (Lipinski definition) is 4. The summed E-state index contributed by atoms with van der Waals surface area (Å²) in [7, 11) is 1.55. The van der Waals surface area contributed by atoms with E-state index < -0.39 is 0 Å². The van der Waals surface area contributed by atoms with E-state index in [1.54, 1.807) is 18.1 Å². The molecule has 0 radical (unpaired) electrons. The van der Waals surface area contributed by atoms with E-state index in [1.165, 1.54) is 4.90 Å². The SMILES string of the molecule is COc1ccccc1N1CCN(CC(=O)NCC(=O)NC2CC2)C1=O. The first-order valence-electron chi connectivity index (χ1n) is 8.34. The molecule has 2 aliphatic rings. The van der Waals surface area contributed by atoms with Gasteiger partial charge in [0.05, 0.1) is 19.3 Å². The van der Waals surface area contributed by atoms with Gasteiger partial charge in [0, 0.05) is 19.1 Å². The zero-order valence-electron chi connectivity index (χ0n) is 14.2. The molecule has 1 aromatic carbocycles. The lowest BCUT2D eigenvalue weighted by molar-refractivity contribution is -0.126. The lowest BCUT2D eigenvalue weighted by Gasteiger charge is -2.20. The standard InChI is InChI=1S/C17H22N4O4/c1-25-14-5-3-2-4-13(14)21-9-8-20(17(21)24)11-16(23)18-10-15(22)19-12-6-7-12/h2-5,12H,6-11H2,1H3,(H,18,23)(H,19,22). The number of anilines is 1. The third-order valence-corrected chi connectivity index (χ3v) is 4.19. The highest BCUT2D eigenvalue weighted by molar-refractivity contribution is 5.98. The normalized spacial score (nSPS) is 16.8. The number of amides is 4. The number of carbonyl (C=O) groups excluding carboxylic acids is 3. The van der Waals surface area contributed by atoms with Crippen molar-refractivity contribution < 1.29 is 19.1 Å². The summed E-state index contributed by atoms with van der Waals surface area (Å²) in [5.41, 5.74) is 0.682. The van der Waals surface area contributed by atoms with Crippen LogP contribution >= 0.6 is 0 Å². The lowest BCUT2D eigenvalue weighted by atomic mass is 10.2. The fraction of sp³-hybridized carbons (Fsp3) is 0.471. The van der Waals surface area contributed by atoms with E-state index in [1.807, 2.05) is 18.2 Å². The van der Waals surface area contributed by atoms with Crippen molar-refractivity contribution in [3.05, 3.63) is 24.3 Å². The van der Waals surface area contributed by atoms with E-state index in [9.17, 15) is 14.4 Å². The molecule has 1 aliphatic carbocycles. The first kappa shape index (κ1) is 17.1. The molecule has 4 amide bonds. The fourth-order valence-electron chi connectivity index (χ4n) is 2.72. The first-order valence-corrected chi connectivity index (χ1v) is 8.34. The predicted octanol–water partition coefficient (Wildman–Crippen LogP) is 0.332. The topological polar surface area (TPSA) is 91.0 Å². The van der Waals surface area contributed by atoms with Gasteiger partial charge >= 0.3 is 6.03 Å². The van der Waals surface area contributed by atoms with Gasteiger partial charge in [0.1, 0.15) is 12.3 Å². The van der Waals surface area contributed by atoms with Gasteiger partial charge < -0.3 is 20.3 Å². The summed E-state index contributed by atoms with van der Waals surface area (Å²) < 4.78 is 5.29. The Labute approximate surface area is 146 Å². The number of rotatable bonds is 7. The largest absolute Gasteiger partial charge is 0.495 e. The van der Waals surface area contributed by atoms with Gasteiger partial charge in [-0.1, -0.05) is 12.1 Å². The number of methoxy groups -OCH3 is 1. The van der Waals surface area contributed by atoms with E-state index >= 15 is 0 Å². The van der Waals surface area contributed by atoms with Gasteiger partial charge in [0.2, 0.25) is 11.8 Å². The van der Waals surface area contributed by atoms with Crippen molar-refractivity contribution in [2.75, 3.05) is 38.2 Å². The molecular formula is C17H22N4O4. The molecule has 1 heterocycles. The average molecular weight is 346 g/mol. The Bertz CT molecular complexity index is 674. The van der Waals surface area contributed by atoms with Gasteiger partial charge in [-0.05, 0) is 25.0 Å². The zero-order chi connectivity index (χ0) is 17.8. The van der Waals surface area contributed by atoms with Crippen LogP contribution in [0.25, 0.3) is 0 Å². The quantitative estimate of drug-likeness (QED) is 0.744. The van der Waals surface area contributed by atoms with Gasteiger partial charge in [0.25, 0.3) is 0 Å².